The van der Waals surface area contributed by atoms with Gasteiger partial charge in [0, 0.05) is 16.4 Å². The fourth-order valence-corrected chi connectivity index (χ4v) is 5.21. The normalized spacial score (nSPS) is 12.0. The molecular weight excluding hydrogens is 416 g/mol. The second kappa shape index (κ2) is 7.42. The third-order valence-electron chi connectivity index (χ3n) is 4.06. The van der Waals surface area contributed by atoms with Gasteiger partial charge in [0.15, 0.2) is 0 Å². The number of fused-ring (bicyclic) bond motifs is 1. The summed E-state index contributed by atoms with van der Waals surface area (Å²) >= 11 is 3.38. The van der Waals surface area contributed by atoms with Gasteiger partial charge in [-0.1, -0.05) is 18.2 Å². The van der Waals surface area contributed by atoms with Gasteiger partial charge < -0.3 is 9.64 Å². The molecule has 0 unspecified atom stereocenters. The van der Waals surface area contributed by atoms with Gasteiger partial charge in [-0.05, 0) is 66.8 Å². The summed E-state index contributed by atoms with van der Waals surface area (Å²) in [6, 6.07) is 12.6. The van der Waals surface area contributed by atoms with E-state index in [9.17, 15) is 8.42 Å². The Bertz CT molecular complexity index is 1040. The topological polar surface area (TPSA) is 51.5 Å². The zero-order chi connectivity index (χ0) is 18.9. The van der Waals surface area contributed by atoms with E-state index in [0.29, 0.717) is 22.3 Å². The minimum Gasteiger partial charge on any atom is -0.490 e. The maximum atomic E-state index is 13.2. The fourth-order valence-electron chi connectivity index (χ4n) is 2.69. The molecule has 3 rings (SSSR count). The smallest absolute Gasteiger partial charge is 0.269 e. The molecule has 5 nitrogen and oxygen atoms in total. The van der Waals surface area contributed by atoms with Crippen LogP contribution in [0.5, 0.6) is 5.75 Å². The van der Waals surface area contributed by atoms with E-state index < -0.39 is 10.0 Å². The maximum Gasteiger partial charge on any atom is 0.269 e. The Kier molecular flexibility index (Phi) is 5.41. The molecule has 7 heteroatoms. The Morgan fingerprint density at radius 3 is 2.58 bits per heavy atom. The minimum absolute atomic E-state index is 0.226. The molecule has 1 heterocycles. The van der Waals surface area contributed by atoms with Crippen LogP contribution in [-0.2, 0) is 10.0 Å². The number of para-hydroxylation sites is 1. The van der Waals surface area contributed by atoms with Gasteiger partial charge in [-0.2, -0.15) is 0 Å². The Hall–Kier alpha value is -1.83. The Morgan fingerprint density at radius 1 is 1.15 bits per heavy atom. The summed E-state index contributed by atoms with van der Waals surface area (Å²) in [5, 5.41) is 0.776. The van der Waals surface area contributed by atoms with Crippen LogP contribution in [0.25, 0.3) is 10.9 Å². The van der Waals surface area contributed by atoms with Crippen LogP contribution in [0.3, 0.4) is 0 Å². The number of aromatic nitrogens is 1. The highest BCUT2D eigenvalue weighted by atomic mass is 79.9. The monoisotopic (exact) mass is 436 g/mol. The summed E-state index contributed by atoms with van der Waals surface area (Å²) in [5.41, 5.74) is 1.58. The van der Waals surface area contributed by atoms with Gasteiger partial charge >= 0.3 is 0 Å². The van der Waals surface area contributed by atoms with Crippen molar-refractivity contribution in [2.45, 2.75) is 11.8 Å². The van der Waals surface area contributed by atoms with Gasteiger partial charge in [0.1, 0.15) is 17.3 Å². The fraction of sp³-hybridized carbons (Fsp3) is 0.263. The van der Waals surface area contributed by atoms with Crippen LogP contribution >= 0.6 is 15.9 Å². The van der Waals surface area contributed by atoms with Crippen LogP contribution in [0.15, 0.2) is 58.0 Å². The highest BCUT2D eigenvalue weighted by molar-refractivity contribution is 9.10. The predicted octanol–water partition coefficient (Wildman–Crippen LogP) is 3.89. The van der Waals surface area contributed by atoms with Gasteiger partial charge in [0.2, 0.25) is 0 Å². The van der Waals surface area contributed by atoms with Crippen molar-refractivity contribution in [3.63, 3.8) is 0 Å². The lowest BCUT2D eigenvalue weighted by Gasteiger charge is -2.10. The molecule has 3 aromatic rings. The number of rotatable bonds is 6. The SMILES string of the molecule is Cc1ccc(S(=O)(=O)n2cc(OCCN(C)C)c3ccccc32)c(Br)c1. The van der Waals surface area contributed by atoms with Gasteiger partial charge in [0.05, 0.1) is 11.7 Å². The standard InChI is InChI=1S/C19H21BrN2O3S/c1-14-8-9-19(16(20)12-14)26(23,24)22-13-18(25-11-10-21(2)3)15-6-4-5-7-17(15)22/h4-9,12-13H,10-11H2,1-3H3. The first kappa shape index (κ1) is 18.9. The molecule has 2 aromatic carbocycles. The van der Waals surface area contributed by atoms with Crippen molar-refractivity contribution < 1.29 is 13.2 Å². The highest BCUT2D eigenvalue weighted by Crippen LogP contribution is 2.33. The van der Waals surface area contributed by atoms with Crippen LogP contribution in [0.1, 0.15) is 5.56 Å². The van der Waals surface area contributed by atoms with Crippen molar-refractivity contribution in [3.8, 4) is 5.75 Å². The molecule has 0 spiro atoms. The Labute approximate surface area is 162 Å². The highest BCUT2D eigenvalue weighted by Gasteiger charge is 2.24. The molecule has 0 aliphatic carbocycles. The van der Waals surface area contributed by atoms with Gasteiger partial charge in [-0.25, -0.2) is 12.4 Å². The number of hydrogen-bond donors (Lipinski definition) is 0. The zero-order valence-electron chi connectivity index (χ0n) is 14.9. The molecule has 0 aliphatic rings. The largest absolute Gasteiger partial charge is 0.490 e. The van der Waals surface area contributed by atoms with Crippen molar-refractivity contribution in [3.05, 3.63) is 58.7 Å². The Balaban J connectivity index is 2.09. The molecule has 0 saturated heterocycles. The predicted molar refractivity (Wildman–Crippen MR) is 107 cm³/mol. The van der Waals surface area contributed by atoms with Gasteiger partial charge in [-0.3, -0.25) is 0 Å². The second-order valence-electron chi connectivity index (χ2n) is 6.40. The summed E-state index contributed by atoms with van der Waals surface area (Å²) in [6.07, 6.45) is 1.56. The second-order valence-corrected chi connectivity index (χ2v) is 9.03. The van der Waals surface area contributed by atoms with E-state index in [1.54, 1.807) is 30.5 Å². The van der Waals surface area contributed by atoms with Crippen molar-refractivity contribution in [2.75, 3.05) is 27.2 Å². The molecular formula is C19H21BrN2O3S. The van der Waals surface area contributed by atoms with E-state index in [1.807, 2.05) is 44.1 Å². The van der Waals surface area contributed by atoms with E-state index >= 15 is 0 Å². The number of nitrogens with zero attached hydrogens (tertiary/aromatic N) is 2. The third kappa shape index (κ3) is 3.65. The molecule has 0 N–H and O–H groups in total. The van der Waals surface area contributed by atoms with Crippen LogP contribution in [0.4, 0.5) is 0 Å². The van der Waals surface area contributed by atoms with Crippen molar-refractivity contribution in [1.82, 2.24) is 8.87 Å². The van der Waals surface area contributed by atoms with Gasteiger partial charge in [0.25, 0.3) is 10.0 Å². The summed E-state index contributed by atoms with van der Waals surface area (Å²) in [7, 11) is 0.174. The number of halogens is 1. The molecule has 0 atom stereocenters. The third-order valence-corrected chi connectivity index (χ3v) is 6.71. The molecule has 0 saturated carbocycles. The first-order valence-electron chi connectivity index (χ1n) is 8.20. The average Bonchev–Trinajstić information content (AvgIpc) is 2.94. The summed E-state index contributed by atoms with van der Waals surface area (Å²) in [6.45, 7) is 3.15. The lowest BCUT2D eigenvalue weighted by atomic mass is 10.2. The van der Waals surface area contributed by atoms with Crippen LogP contribution < -0.4 is 4.74 Å². The van der Waals surface area contributed by atoms with Crippen molar-refractivity contribution >= 4 is 36.9 Å². The number of likely N-dealkylation sites (N-methyl/N-ethyl adjacent to an activating group) is 1. The van der Waals surface area contributed by atoms with Crippen LogP contribution in [0, 0.1) is 6.92 Å². The molecule has 0 aliphatic heterocycles. The zero-order valence-corrected chi connectivity index (χ0v) is 17.3. The lowest BCUT2D eigenvalue weighted by molar-refractivity contribution is 0.263. The van der Waals surface area contributed by atoms with Crippen LogP contribution in [-0.4, -0.2) is 44.5 Å². The molecule has 0 bridgehead atoms. The van der Waals surface area contributed by atoms with Gasteiger partial charge in [-0.15, -0.1) is 0 Å². The molecule has 26 heavy (non-hydrogen) atoms. The molecule has 1 aromatic heterocycles. The van der Waals surface area contributed by atoms with E-state index in [-0.39, 0.29) is 4.90 Å². The molecule has 0 amide bonds. The van der Waals surface area contributed by atoms with E-state index in [2.05, 4.69) is 15.9 Å². The number of ether oxygens (including phenoxy) is 1. The summed E-state index contributed by atoms with van der Waals surface area (Å²) in [4.78, 5) is 2.24. The number of hydrogen-bond acceptors (Lipinski definition) is 4. The summed E-state index contributed by atoms with van der Waals surface area (Å²) in [5.74, 6) is 0.564. The average molecular weight is 437 g/mol. The quantitative estimate of drug-likeness (QED) is 0.587. The Morgan fingerprint density at radius 2 is 1.88 bits per heavy atom. The number of aryl methyl sites for hydroxylation is 1. The van der Waals surface area contributed by atoms with E-state index in [1.165, 1.54) is 3.97 Å². The number of benzene rings is 2. The molecule has 138 valence electrons. The van der Waals surface area contributed by atoms with Crippen LogP contribution in [0.2, 0.25) is 0 Å². The summed E-state index contributed by atoms with van der Waals surface area (Å²) < 4.78 is 34.2. The maximum absolute atomic E-state index is 13.2. The lowest BCUT2D eigenvalue weighted by Crippen LogP contribution is -2.19. The first-order chi connectivity index (χ1) is 12.3. The molecule has 0 radical (unpaired) electrons. The van der Waals surface area contributed by atoms with E-state index in [4.69, 9.17) is 4.74 Å². The van der Waals surface area contributed by atoms with Crippen molar-refractivity contribution in [2.24, 2.45) is 0 Å². The first-order valence-corrected chi connectivity index (χ1v) is 10.4. The van der Waals surface area contributed by atoms with E-state index in [0.717, 1.165) is 17.5 Å². The van der Waals surface area contributed by atoms with Crippen molar-refractivity contribution in [1.29, 1.82) is 0 Å². The molecule has 0 fully saturated rings. The minimum atomic E-state index is -3.75.